The Morgan fingerprint density at radius 2 is 1.87 bits per heavy atom. The van der Waals surface area contributed by atoms with Crippen LogP contribution in [0.2, 0.25) is 0 Å². The second-order valence-electron chi connectivity index (χ2n) is 6.48. The Morgan fingerprint density at radius 1 is 1.17 bits per heavy atom. The molecule has 0 amide bonds. The monoisotopic (exact) mass is 315 g/mol. The van der Waals surface area contributed by atoms with Crippen LogP contribution >= 0.6 is 0 Å². The molecule has 2 aromatic heterocycles. The van der Waals surface area contributed by atoms with E-state index in [0.717, 1.165) is 0 Å². The zero-order chi connectivity index (χ0) is 16.7. The summed E-state index contributed by atoms with van der Waals surface area (Å²) in [5.41, 5.74) is -1.06. The number of halogens is 1. The first-order valence-corrected chi connectivity index (χ1v) is 7.48. The minimum absolute atomic E-state index is 0.495. The van der Waals surface area contributed by atoms with E-state index in [-0.39, 0.29) is 0 Å². The van der Waals surface area contributed by atoms with Crippen molar-refractivity contribution in [3.63, 3.8) is 0 Å². The largest absolute Gasteiger partial charge is 0.525 e. The van der Waals surface area contributed by atoms with Gasteiger partial charge in [-0.25, -0.2) is 14.1 Å². The first-order chi connectivity index (χ1) is 10.8. The lowest BCUT2D eigenvalue weighted by molar-refractivity contribution is 0.00578. The minimum Gasteiger partial charge on any atom is -0.398 e. The molecule has 1 aliphatic rings. The Morgan fingerprint density at radius 3 is 2.48 bits per heavy atom. The van der Waals surface area contributed by atoms with Gasteiger partial charge in [-0.3, -0.25) is 0 Å². The third kappa shape index (κ3) is 2.94. The van der Waals surface area contributed by atoms with Crippen LogP contribution in [0.3, 0.4) is 0 Å². The summed E-state index contributed by atoms with van der Waals surface area (Å²) in [6.45, 7) is 7.55. The Balaban J connectivity index is 1.91. The van der Waals surface area contributed by atoms with Crippen LogP contribution in [0.25, 0.3) is 11.9 Å². The maximum atomic E-state index is 14.7. The van der Waals surface area contributed by atoms with E-state index in [1.165, 1.54) is 6.08 Å². The van der Waals surface area contributed by atoms with E-state index in [0.29, 0.717) is 11.4 Å². The van der Waals surface area contributed by atoms with E-state index in [9.17, 15) is 4.39 Å². The molecule has 0 aliphatic carbocycles. The van der Waals surface area contributed by atoms with Gasteiger partial charge in [-0.15, -0.1) is 0 Å². The van der Waals surface area contributed by atoms with Gasteiger partial charge in [0.25, 0.3) is 0 Å². The molecule has 2 aromatic rings. The van der Waals surface area contributed by atoms with Crippen molar-refractivity contribution in [2.45, 2.75) is 38.9 Å². The average Bonchev–Trinajstić information content (AvgIpc) is 3.06. The molecule has 0 aromatic carbocycles. The Bertz CT molecular complexity index is 713. The molecule has 23 heavy (non-hydrogen) atoms. The van der Waals surface area contributed by atoms with Gasteiger partial charge in [0.2, 0.25) is 0 Å². The predicted octanol–water partition coefficient (Wildman–Crippen LogP) is 3.21. The van der Waals surface area contributed by atoms with Gasteiger partial charge in [0, 0.05) is 24.2 Å². The van der Waals surface area contributed by atoms with Gasteiger partial charge in [-0.05, 0) is 52.0 Å². The van der Waals surface area contributed by atoms with Crippen molar-refractivity contribution < 1.29 is 13.7 Å². The number of aromatic nitrogens is 3. The van der Waals surface area contributed by atoms with Crippen LogP contribution in [0.15, 0.2) is 42.5 Å². The zero-order valence-electron chi connectivity index (χ0n) is 13.7. The van der Waals surface area contributed by atoms with Crippen LogP contribution < -0.4 is 0 Å². The fourth-order valence-electron chi connectivity index (χ4n) is 2.28. The first kappa shape index (κ1) is 15.9. The van der Waals surface area contributed by atoms with Gasteiger partial charge < -0.3 is 9.31 Å². The molecule has 0 bridgehead atoms. The average molecular weight is 315 g/mol. The number of hydrogen-bond acceptors (Lipinski definition) is 4. The van der Waals surface area contributed by atoms with Crippen molar-refractivity contribution in [3.8, 4) is 5.82 Å². The van der Waals surface area contributed by atoms with Crippen molar-refractivity contribution in [2.24, 2.45) is 0 Å². The van der Waals surface area contributed by atoms with Gasteiger partial charge in [0.15, 0.2) is 5.82 Å². The molecule has 120 valence electrons. The lowest BCUT2D eigenvalue weighted by Crippen LogP contribution is -2.41. The molecule has 1 fully saturated rings. The van der Waals surface area contributed by atoms with Gasteiger partial charge in [-0.2, -0.15) is 5.10 Å². The van der Waals surface area contributed by atoms with Crippen LogP contribution in [0.4, 0.5) is 4.39 Å². The van der Waals surface area contributed by atoms with E-state index in [1.807, 2.05) is 27.7 Å². The Labute approximate surface area is 135 Å². The van der Waals surface area contributed by atoms with Crippen molar-refractivity contribution in [3.05, 3.63) is 48.1 Å². The highest BCUT2D eigenvalue weighted by molar-refractivity contribution is 6.54. The molecular weight excluding hydrogens is 296 g/mol. The molecule has 0 unspecified atom stereocenters. The second kappa shape index (κ2) is 5.58. The molecule has 0 radical (unpaired) electrons. The van der Waals surface area contributed by atoms with Crippen LogP contribution in [-0.2, 0) is 9.31 Å². The molecule has 5 nitrogen and oxygen atoms in total. The molecule has 7 heteroatoms. The Hall–Kier alpha value is -1.99. The first-order valence-electron chi connectivity index (χ1n) is 7.48. The fraction of sp³-hybridized carbons (Fsp3) is 0.375. The van der Waals surface area contributed by atoms with Crippen molar-refractivity contribution >= 4 is 13.2 Å². The number of pyridine rings is 1. The van der Waals surface area contributed by atoms with Crippen LogP contribution in [0.5, 0.6) is 0 Å². The molecular formula is C16H19BFN3O2. The summed E-state index contributed by atoms with van der Waals surface area (Å²) < 4.78 is 27.7. The number of rotatable bonds is 3. The normalized spacial score (nSPS) is 20.0. The predicted molar refractivity (Wildman–Crippen MR) is 86.5 cm³/mol. The summed E-state index contributed by atoms with van der Waals surface area (Å²) in [6.07, 6.45) is 6.42. The summed E-state index contributed by atoms with van der Waals surface area (Å²) in [7, 11) is -1.02. The molecule has 3 rings (SSSR count). The number of nitrogens with zero attached hydrogens (tertiary/aromatic N) is 3. The van der Waals surface area contributed by atoms with Crippen LogP contribution in [-0.4, -0.2) is 33.1 Å². The summed E-state index contributed by atoms with van der Waals surface area (Å²) in [5, 5.41) is 4.14. The molecule has 0 spiro atoms. The highest BCUT2D eigenvalue weighted by atomic mass is 19.1. The molecule has 3 heterocycles. The van der Waals surface area contributed by atoms with E-state index < -0.39 is 24.0 Å². The quantitative estimate of drug-likeness (QED) is 0.816. The molecule has 0 atom stereocenters. The van der Waals surface area contributed by atoms with Crippen molar-refractivity contribution in [1.82, 2.24) is 14.8 Å². The van der Waals surface area contributed by atoms with Crippen LogP contribution in [0, 0.1) is 0 Å². The summed E-state index contributed by atoms with van der Waals surface area (Å²) in [4.78, 5) is 4.27. The van der Waals surface area contributed by atoms with Crippen molar-refractivity contribution in [1.29, 1.82) is 0 Å². The van der Waals surface area contributed by atoms with Gasteiger partial charge >= 0.3 is 7.12 Å². The van der Waals surface area contributed by atoms with Gasteiger partial charge in [-0.1, -0.05) is 0 Å². The molecule has 1 aliphatic heterocycles. The molecule has 1 saturated heterocycles. The van der Waals surface area contributed by atoms with Gasteiger partial charge in [0.05, 0.1) is 11.2 Å². The third-order valence-corrected chi connectivity index (χ3v) is 4.31. The van der Waals surface area contributed by atoms with E-state index in [2.05, 4.69) is 10.1 Å². The van der Waals surface area contributed by atoms with Gasteiger partial charge in [0.1, 0.15) is 5.73 Å². The smallest absolute Gasteiger partial charge is 0.398 e. The second-order valence-corrected chi connectivity index (χ2v) is 6.48. The standard InChI is InChI=1S/C16H19BFN3O2/c1-15(2)16(3,4)23-17(22-15)13(18)11-12-7-5-8-19-14(12)21-10-6-9-20-21/h5-11H,1-4H3. The summed E-state index contributed by atoms with van der Waals surface area (Å²) in [5.74, 6) is 0.546. The highest BCUT2D eigenvalue weighted by Crippen LogP contribution is 2.39. The van der Waals surface area contributed by atoms with E-state index >= 15 is 0 Å². The lowest BCUT2D eigenvalue weighted by atomic mass is 9.87. The Kier molecular flexibility index (Phi) is 3.86. The van der Waals surface area contributed by atoms with Crippen molar-refractivity contribution in [2.75, 3.05) is 0 Å². The lowest BCUT2D eigenvalue weighted by Gasteiger charge is -2.32. The van der Waals surface area contributed by atoms with E-state index in [4.69, 9.17) is 9.31 Å². The highest BCUT2D eigenvalue weighted by Gasteiger charge is 2.53. The topological polar surface area (TPSA) is 49.2 Å². The fourth-order valence-corrected chi connectivity index (χ4v) is 2.28. The van der Waals surface area contributed by atoms with Crippen LogP contribution in [0.1, 0.15) is 33.3 Å². The summed E-state index contributed by atoms with van der Waals surface area (Å²) >= 11 is 0. The van der Waals surface area contributed by atoms with E-state index in [1.54, 1.807) is 41.5 Å². The molecule has 0 saturated carbocycles. The number of hydrogen-bond donors (Lipinski definition) is 0. The maximum Gasteiger partial charge on any atom is 0.525 e. The SMILES string of the molecule is CC1(C)OB(C(F)=Cc2cccnc2-n2cccn2)OC1(C)C. The maximum absolute atomic E-state index is 14.7. The zero-order valence-corrected chi connectivity index (χ0v) is 13.7. The minimum atomic E-state index is -1.02. The molecule has 0 N–H and O–H groups in total. The summed E-state index contributed by atoms with van der Waals surface area (Å²) in [6, 6.07) is 5.30. The third-order valence-electron chi connectivity index (χ3n) is 4.31.